The van der Waals surface area contributed by atoms with E-state index in [-0.39, 0.29) is 16.7 Å². The Morgan fingerprint density at radius 1 is 1.23 bits per heavy atom. The van der Waals surface area contributed by atoms with Crippen LogP contribution in [0.1, 0.15) is 57.3 Å². The largest absolute Gasteiger partial charge is 0.450 e. The molecule has 0 heterocycles. The van der Waals surface area contributed by atoms with Crippen molar-refractivity contribution >= 4 is 23.4 Å². The first-order chi connectivity index (χ1) is 12.3. The molecule has 26 heavy (non-hydrogen) atoms. The van der Waals surface area contributed by atoms with Crippen LogP contribution in [0.3, 0.4) is 0 Å². The Balaban J connectivity index is 1.63. The zero-order chi connectivity index (χ0) is 18.9. The number of fused-ring (bicyclic) bond motifs is 2. The fraction of sp³-hybridized carbons (Fsp3) is 0.550. The number of amides is 2. The number of hydrogen-bond donors (Lipinski definition) is 2. The Morgan fingerprint density at radius 3 is 2.46 bits per heavy atom. The molecule has 140 valence electrons. The first-order valence-corrected chi connectivity index (χ1v) is 9.19. The lowest BCUT2D eigenvalue weighted by Crippen LogP contribution is -2.34. The maximum Gasteiger partial charge on any atom is 0.411 e. The summed E-state index contributed by atoms with van der Waals surface area (Å²) >= 11 is 0. The summed E-state index contributed by atoms with van der Waals surface area (Å²) in [5.41, 5.74) is 5.19. The summed E-state index contributed by atoms with van der Waals surface area (Å²) in [4.78, 5) is 23.8. The average molecular weight is 357 g/mol. The number of ether oxygens (including phenoxy) is 1. The molecule has 1 aromatic rings. The van der Waals surface area contributed by atoms with Crippen LogP contribution in [0.2, 0.25) is 0 Å². The van der Waals surface area contributed by atoms with E-state index in [1.54, 1.807) is 31.2 Å². The molecule has 2 amide bonds. The van der Waals surface area contributed by atoms with Crippen LogP contribution in [0.25, 0.3) is 0 Å². The van der Waals surface area contributed by atoms with Gasteiger partial charge >= 0.3 is 6.09 Å². The molecule has 1 aromatic carbocycles. The molecule has 6 heteroatoms. The summed E-state index contributed by atoms with van der Waals surface area (Å²) < 4.78 is 4.82. The minimum Gasteiger partial charge on any atom is -0.450 e. The second-order valence-electron chi connectivity index (χ2n) is 7.92. The number of hydrazone groups is 1. The van der Waals surface area contributed by atoms with Gasteiger partial charge in [-0.25, -0.2) is 10.2 Å². The van der Waals surface area contributed by atoms with E-state index in [2.05, 4.69) is 36.6 Å². The lowest BCUT2D eigenvalue weighted by atomic mass is 9.70. The van der Waals surface area contributed by atoms with Gasteiger partial charge in [-0.1, -0.05) is 20.8 Å². The molecule has 0 radical (unpaired) electrons. The van der Waals surface area contributed by atoms with E-state index in [1.165, 1.54) is 6.42 Å². The molecule has 2 bridgehead atoms. The molecule has 0 aliphatic heterocycles. The molecule has 2 fully saturated rings. The van der Waals surface area contributed by atoms with Crippen molar-refractivity contribution < 1.29 is 14.3 Å². The first kappa shape index (κ1) is 18.4. The highest BCUT2D eigenvalue weighted by atomic mass is 16.5. The summed E-state index contributed by atoms with van der Waals surface area (Å²) in [7, 11) is 0. The van der Waals surface area contributed by atoms with Gasteiger partial charge in [0.1, 0.15) is 0 Å². The number of carbonyl (C=O) groups is 2. The average Bonchev–Trinajstić information content (AvgIpc) is 2.93. The van der Waals surface area contributed by atoms with E-state index in [4.69, 9.17) is 4.74 Å². The number of rotatable bonds is 4. The maximum atomic E-state index is 12.4. The molecule has 0 aromatic heterocycles. The lowest BCUT2D eigenvalue weighted by molar-refractivity contribution is 0.0954. The number of nitrogens with zero attached hydrogens (tertiary/aromatic N) is 1. The molecule has 2 aliphatic rings. The number of anilines is 1. The normalized spacial score (nSPS) is 27.4. The fourth-order valence-corrected chi connectivity index (χ4v) is 4.27. The van der Waals surface area contributed by atoms with Crippen LogP contribution in [-0.2, 0) is 4.74 Å². The van der Waals surface area contributed by atoms with Gasteiger partial charge < -0.3 is 4.74 Å². The Labute approximate surface area is 154 Å². The van der Waals surface area contributed by atoms with Crippen LogP contribution in [-0.4, -0.2) is 24.3 Å². The summed E-state index contributed by atoms with van der Waals surface area (Å²) in [6.45, 7) is 8.94. The highest BCUT2D eigenvalue weighted by Crippen LogP contribution is 2.63. The molecule has 2 N–H and O–H groups in total. The molecular weight excluding hydrogens is 330 g/mol. The van der Waals surface area contributed by atoms with Gasteiger partial charge in [0.25, 0.3) is 5.91 Å². The van der Waals surface area contributed by atoms with E-state index in [1.807, 2.05) is 0 Å². The topological polar surface area (TPSA) is 79.8 Å². The van der Waals surface area contributed by atoms with Crippen LogP contribution in [0.5, 0.6) is 0 Å². The van der Waals surface area contributed by atoms with Crippen molar-refractivity contribution in [3.05, 3.63) is 29.8 Å². The summed E-state index contributed by atoms with van der Waals surface area (Å²) in [5, 5.41) is 7.07. The van der Waals surface area contributed by atoms with E-state index >= 15 is 0 Å². The third-order valence-corrected chi connectivity index (χ3v) is 6.47. The Kier molecular flexibility index (Phi) is 4.78. The predicted octanol–water partition coefficient (Wildman–Crippen LogP) is 4.19. The van der Waals surface area contributed by atoms with Crippen molar-refractivity contribution in [2.24, 2.45) is 21.8 Å². The van der Waals surface area contributed by atoms with Crippen molar-refractivity contribution in [1.29, 1.82) is 0 Å². The van der Waals surface area contributed by atoms with Crippen LogP contribution in [0.15, 0.2) is 29.4 Å². The van der Waals surface area contributed by atoms with E-state index in [9.17, 15) is 9.59 Å². The zero-order valence-electron chi connectivity index (χ0n) is 15.9. The second kappa shape index (κ2) is 6.74. The summed E-state index contributed by atoms with van der Waals surface area (Å²) in [5.74, 6) is 0.403. The number of carbonyl (C=O) groups excluding carboxylic acids is 2. The van der Waals surface area contributed by atoms with Crippen molar-refractivity contribution in [2.45, 2.75) is 47.0 Å². The predicted molar refractivity (Wildman–Crippen MR) is 101 cm³/mol. The van der Waals surface area contributed by atoms with Gasteiger partial charge in [-0.3, -0.25) is 10.1 Å². The van der Waals surface area contributed by atoms with E-state index in [0.29, 0.717) is 23.8 Å². The molecule has 2 aliphatic carbocycles. The monoisotopic (exact) mass is 357 g/mol. The number of benzene rings is 1. The molecular formula is C20H27N3O3. The van der Waals surface area contributed by atoms with Gasteiger partial charge in [-0.15, -0.1) is 0 Å². The number of hydrogen-bond acceptors (Lipinski definition) is 4. The smallest absolute Gasteiger partial charge is 0.411 e. The molecule has 6 nitrogen and oxygen atoms in total. The molecule has 0 unspecified atom stereocenters. The van der Waals surface area contributed by atoms with Crippen LogP contribution in [0.4, 0.5) is 10.5 Å². The van der Waals surface area contributed by atoms with E-state index < -0.39 is 6.09 Å². The van der Waals surface area contributed by atoms with Gasteiger partial charge in [0, 0.05) is 22.4 Å². The Hall–Kier alpha value is -2.37. The van der Waals surface area contributed by atoms with Crippen molar-refractivity contribution in [2.75, 3.05) is 11.9 Å². The second-order valence-corrected chi connectivity index (χ2v) is 7.92. The molecule has 2 atom stereocenters. The Morgan fingerprint density at radius 2 is 1.92 bits per heavy atom. The van der Waals surface area contributed by atoms with Crippen molar-refractivity contribution in [3.8, 4) is 0 Å². The third kappa shape index (κ3) is 3.08. The van der Waals surface area contributed by atoms with Gasteiger partial charge in [-0.2, -0.15) is 5.10 Å². The third-order valence-electron chi connectivity index (χ3n) is 6.47. The van der Waals surface area contributed by atoms with Crippen molar-refractivity contribution in [3.63, 3.8) is 0 Å². The van der Waals surface area contributed by atoms with Gasteiger partial charge in [0.15, 0.2) is 0 Å². The molecule has 0 spiro atoms. The lowest BCUT2D eigenvalue weighted by Gasteiger charge is -2.34. The molecule has 0 saturated heterocycles. The molecule has 2 saturated carbocycles. The standard InChI is InChI=1S/C20H27N3O3/c1-5-26-18(25)21-15-8-6-13(7-9-15)17(24)23-22-16-12-14-10-11-20(16,4)19(14,2)3/h6-9,14H,5,10-12H2,1-4H3,(H,21,25)(H,23,24)/b22-16-/t14-,20-/m0/s1. The minimum absolute atomic E-state index is 0.0678. The number of nitrogens with one attached hydrogen (secondary N) is 2. The fourth-order valence-electron chi connectivity index (χ4n) is 4.27. The van der Waals surface area contributed by atoms with Gasteiger partial charge in [-0.05, 0) is 61.8 Å². The first-order valence-electron chi connectivity index (χ1n) is 9.19. The Bertz CT molecular complexity index is 739. The van der Waals surface area contributed by atoms with Crippen LogP contribution >= 0.6 is 0 Å². The molecule has 3 rings (SSSR count). The highest BCUT2D eigenvalue weighted by molar-refractivity contribution is 5.98. The maximum absolute atomic E-state index is 12.4. The quantitative estimate of drug-likeness (QED) is 0.793. The zero-order valence-corrected chi connectivity index (χ0v) is 15.9. The highest BCUT2D eigenvalue weighted by Gasteiger charge is 2.60. The minimum atomic E-state index is -0.511. The SMILES string of the molecule is CCOC(=O)Nc1ccc(C(=O)N/N=C2/C[C@@H]3CC[C@]2(C)C3(C)C)cc1. The summed E-state index contributed by atoms with van der Waals surface area (Å²) in [6.07, 6.45) is 2.83. The van der Waals surface area contributed by atoms with Gasteiger partial charge in [0.05, 0.1) is 6.61 Å². The van der Waals surface area contributed by atoms with Crippen LogP contribution < -0.4 is 10.7 Å². The van der Waals surface area contributed by atoms with Crippen LogP contribution in [0, 0.1) is 16.7 Å². The van der Waals surface area contributed by atoms with Gasteiger partial charge in [0.2, 0.25) is 0 Å². The van der Waals surface area contributed by atoms with Crippen molar-refractivity contribution in [1.82, 2.24) is 5.43 Å². The van der Waals surface area contributed by atoms with E-state index in [0.717, 1.165) is 18.6 Å². The summed E-state index contributed by atoms with van der Waals surface area (Å²) in [6, 6.07) is 6.65.